The van der Waals surface area contributed by atoms with E-state index >= 15 is 0 Å². The number of carbonyl (C=O) groups excluding carboxylic acids is 1. The van der Waals surface area contributed by atoms with Crippen molar-refractivity contribution in [2.24, 2.45) is 5.92 Å². The highest BCUT2D eigenvalue weighted by Gasteiger charge is 2.24. The van der Waals surface area contributed by atoms with Gasteiger partial charge in [-0.3, -0.25) is 4.79 Å². The minimum atomic E-state index is -0.471. The number of methoxy groups -OCH3 is 1. The molecular weight excluding hydrogens is 182 g/mol. The molecule has 1 atom stereocenters. The van der Waals surface area contributed by atoms with E-state index in [1.54, 1.807) is 7.11 Å². The van der Waals surface area contributed by atoms with E-state index in [1.807, 2.05) is 0 Å². The van der Waals surface area contributed by atoms with Crippen molar-refractivity contribution < 1.29 is 14.6 Å². The summed E-state index contributed by atoms with van der Waals surface area (Å²) in [5.74, 6) is 0.371. The van der Waals surface area contributed by atoms with E-state index in [-0.39, 0.29) is 11.8 Å². The van der Waals surface area contributed by atoms with Crippen molar-refractivity contribution in [2.75, 3.05) is 20.3 Å². The molecule has 1 saturated carbocycles. The maximum atomic E-state index is 11.3. The van der Waals surface area contributed by atoms with Gasteiger partial charge >= 0.3 is 0 Å². The van der Waals surface area contributed by atoms with Crippen LogP contribution in [0.15, 0.2) is 0 Å². The zero-order valence-electron chi connectivity index (χ0n) is 8.66. The highest BCUT2D eigenvalue weighted by Crippen LogP contribution is 2.25. The van der Waals surface area contributed by atoms with Gasteiger partial charge in [-0.2, -0.15) is 0 Å². The van der Waals surface area contributed by atoms with Crippen LogP contribution >= 0.6 is 0 Å². The summed E-state index contributed by atoms with van der Waals surface area (Å²) in [5, 5.41) is 12.1. The first kappa shape index (κ1) is 11.5. The van der Waals surface area contributed by atoms with Gasteiger partial charge in [-0.05, 0) is 19.3 Å². The standard InChI is InChI=1S/C10H19NO3/c1-14-7-9(12)5-6-11-10(13)8-3-2-4-8/h8-9,12H,2-7H2,1H3,(H,11,13). The van der Waals surface area contributed by atoms with Crippen LogP contribution in [0.25, 0.3) is 0 Å². The number of nitrogens with one attached hydrogen (secondary N) is 1. The summed E-state index contributed by atoms with van der Waals surface area (Å²) in [4.78, 5) is 11.3. The van der Waals surface area contributed by atoms with Crippen LogP contribution < -0.4 is 5.32 Å². The SMILES string of the molecule is COCC(O)CCNC(=O)C1CCC1. The Bertz CT molecular complexity index is 180. The average Bonchev–Trinajstić information content (AvgIpc) is 2.01. The van der Waals surface area contributed by atoms with Crippen molar-refractivity contribution in [2.45, 2.75) is 31.8 Å². The summed E-state index contributed by atoms with van der Waals surface area (Å²) < 4.78 is 4.78. The Morgan fingerprint density at radius 2 is 2.36 bits per heavy atom. The number of carbonyl (C=O) groups is 1. The van der Waals surface area contributed by atoms with Crippen LogP contribution in [0.4, 0.5) is 0 Å². The lowest BCUT2D eigenvalue weighted by Crippen LogP contribution is -2.36. The zero-order valence-corrected chi connectivity index (χ0v) is 8.66. The second kappa shape index (κ2) is 5.98. The lowest BCUT2D eigenvalue weighted by atomic mass is 9.85. The van der Waals surface area contributed by atoms with E-state index in [0.29, 0.717) is 19.6 Å². The number of rotatable bonds is 6. The predicted octanol–water partition coefficient (Wildman–Crippen LogP) is 0.300. The third-order valence-corrected chi connectivity index (χ3v) is 2.61. The van der Waals surface area contributed by atoms with Gasteiger partial charge in [0.05, 0.1) is 12.7 Å². The summed E-state index contributed by atoms with van der Waals surface area (Å²) in [6.45, 7) is 0.874. The highest BCUT2D eigenvalue weighted by atomic mass is 16.5. The van der Waals surface area contributed by atoms with Crippen molar-refractivity contribution in [1.29, 1.82) is 0 Å². The molecule has 0 heterocycles. The number of amides is 1. The smallest absolute Gasteiger partial charge is 0.223 e. The molecule has 0 aromatic heterocycles. The molecule has 0 bridgehead atoms. The maximum absolute atomic E-state index is 11.3. The molecule has 1 rings (SSSR count). The van der Waals surface area contributed by atoms with E-state index in [4.69, 9.17) is 4.74 Å². The Balaban J connectivity index is 1.99. The van der Waals surface area contributed by atoms with Gasteiger partial charge in [0.1, 0.15) is 0 Å². The van der Waals surface area contributed by atoms with Gasteiger partial charge < -0.3 is 15.2 Å². The van der Waals surface area contributed by atoms with E-state index in [1.165, 1.54) is 6.42 Å². The van der Waals surface area contributed by atoms with Crippen LogP contribution in [0.3, 0.4) is 0 Å². The van der Waals surface area contributed by atoms with Crippen molar-refractivity contribution in [3.63, 3.8) is 0 Å². The first-order valence-electron chi connectivity index (χ1n) is 5.18. The fraction of sp³-hybridized carbons (Fsp3) is 0.900. The van der Waals surface area contributed by atoms with Crippen molar-refractivity contribution in [3.8, 4) is 0 Å². The Labute approximate surface area is 84.6 Å². The number of aliphatic hydroxyl groups is 1. The van der Waals surface area contributed by atoms with E-state index in [9.17, 15) is 9.90 Å². The second-order valence-electron chi connectivity index (χ2n) is 3.82. The molecule has 0 aromatic carbocycles. The lowest BCUT2D eigenvalue weighted by molar-refractivity contribution is -0.127. The monoisotopic (exact) mass is 201 g/mol. The minimum absolute atomic E-state index is 0.140. The molecule has 1 amide bonds. The fourth-order valence-corrected chi connectivity index (χ4v) is 1.45. The molecule has 0 saturated heterocycles. The predicted molar refractivity (Wildman–Crippen MR) is 52.9 cm³/mol. The Kier molecular flexibility index (Phi) is 4.90. The van der Waals surface area contributed by atoms with Crippen LogP contribution in [0.1, 0.15) is 25.7 Å². The Morgan fingerprint density at radius 3 is 2.86 bits per heavy atom. The molecule has 14 heavy (non-hydrogen) atoms. The molecule has 0 spiro atoms. The Hall–Kier alpha value is -0.610. The van der Waals surface area contributed by atoms with Crippen molar-refractivity contribution >= 4 is 5.91 Å². The molecule has 0 aromatic rings. The third-order valence-electron chi connectivity index (χ3n) is 2.61. The summed E-state index contributed by atoms with van der Waals surface area (Å²) in [6, 6.07) is 0. The van der Waals surface area contributed by atoms with Crippen LogP contribution in [0.2, 0.25) is 0 Å². The van der Waals surface area contributed by atoms with Gasteiger partial charge in [0, 0.05) is 19.6 Å². The molecule has 1 aliphatic carbocycles. The van der Waals surface area contributed by atoms with Crippen molar-refractivity contribution in [3.05, 3.63) is 0 Å². The van der Waals surface area contributed by atoms with Crippen LogP contribution in [0.5, 0.6) is 0 Å². The van der Waals surface area contributed by atoms with E-state index in [0.717, 1.165) is 12.8 Å². The van der Waals surface area contributed by atoms with Gasteiger partial charge in [0.2, 0.25) is 5.91 Å². The van der Waals surface area contributed by atoms with Crippen molar-refractivity contribution in [1.82, 2.24) is 5.32 Å². The normalized spacial score (nSPS) is 18.7. The quantitative estimate of drug-likeness (QED) is 0.650. The highest BCUT2D eigenvalue weighted by molar-refractivity contribution is 5.79. The number of hydrogen-bond donors (Lipinski definition) is 2. The second-order valence-corrected chi connectivity index (χ2v) is 3.82. The molecule has 4 heteroatoms. The largest absolute Gasteiger partial charge is 0.391 e. The van der Waals surface area contributed by atoms with E-state index < -0.39 is 6.10 Å². The summed E-state index contributed by atoms with van der Waals surface area (Å²) in [5.41, 5.74) is 0. The van der Waals surface area contributed by atoms with Gasteiger partial charge in [-0.1, -0.05) is 6.42 Å². The molecule has 1 fully saturated rings. The maximum Gasteiger partial charge on any atom is 0.223 e. The van der Waals surface area contributed by atoms with Crippen LogP contribution in [-0.4, -0.2) is 37.4 Å². The Morgan fingerprint density at radius 1 is 1.64 bits per heavy atom. The first-order valence-corrected chi connectivity index (χ1v) is 5.18. The van der Waals surface area contributed by atoms with Gasteiger partial charge in [0.15, 0.2) is 0 Å². The van der Waals surface area contributed by atoms with Crippen LogP contribution in [-0.2, 0) is 9.53 Å². The zero-order chi connectivity index (χ0) is 10.4. The molecule has 0 radical (unpaired) electrons. The van der Waals surface area contributed by atoms with E-state index in [2.05, 4.69) is 5.32 Å². The van der Waals surface area contributed by atoms with Gasteiger partial charge in [-0.15, -0.1) is 0 Å². The molecule has 82 valence electrons. The summed E-state index contributed by atoms with van der Waals surface area (Å²) >= 11 is 0. The molecule has 2 N–H and O–H groups in total. The molecule has 1 aliphatic rings. The molecular formula is C10H19NO3. The number of hydrogen-bond acceptors (Lipinski definition) is 3. The molecule has 1 unspecified atom stereocenters. The molecule has 4 nitrogen and oxygen atoms in total. The topological polar surface area (TPSA) is 58.6 Å². The van der Waals surface area contributed by atoms with Crippen LogP contribution in [0, 0.1) is 5.92 Å². The molecule has 0 aliphatic heterocycles. The van der Waals surface area contributed by atoms with Gasteiger partial charge in [-0.25, -0.2) is 0 Å². The number of ether oxygens (including phenoxy) is 1. The fourth-order valence-electron chi connectivity index (χ4n) is 1.45. The third kappa shape index (κ3) is 3.64. The number of aliphatic hydroxyl groups excluding tert-OH is 1. The first-order chi connectivity index (χ1) is 6.74. The minimum Gasteiger partial charge on any atom is -0.391 e. The average molecular weight is 201 g/mol. The summed E-state index contributed by atoms with van der Waals surface area (Å²) in [7, 11) is 1.55. The van der Waals surface area contributed by atoms with Gasteiger partial charge in [0.25, 0.3) is 0 Å². The summed E-state index contributed by atoms with van der Waals surface area (Å²) in [6.07, 6.45) is 3.30. The lowest BCUT2D eigenvalue weighted by Gasteiger charge is -2.24.